The molecule has 1 aliphatic carbocycles. The minimum atomic E-state index is -0.274. The van der Waals surface area contributed by atoms with Crippen molar-refractivity contribution in [2.24, 2.45) is 22.7 Å². The minimum absolute atomic E-state index is 0.0432. The summed E-state index contributed by atoms with van der Waals surface area (Å²) in [6.45, 7) is 2.20. The average molecular weight is 289 g/mol. The van der Waals surface area contributed by atoms with E-state index >= 15 is 0 Å². The van der Waals surface area contributed by atoms with Crippen molar-refractivity contribution in [3.63, 3.8) is 0 Å². The van der Waals surface area contributed by atoms with Crippen LogP contribution in [-0.2, 0) is 9.63 Å². The topological polar surface area (TPSA) is 77.6 Å². The zero-order valence-electron chi connectivity index (χ0n) is 12.5. The van der Waals surface area contributed by atoms with E-state index in [1.165, 1.54) is 12.8 Å². The lowest BCUT2D eigenvalue weighted by atomic mass is 9.80. The highest BCUT2D eigenvalue weighted by Gasteiger charge is 2.27. The van der Waals surface area contributed by atoms with Crippen molar-refractivity contribution < 1.29 is 9.63 Å². The molecule has 0 aliphatic heterocycles. The standard InChI is InChI=1S/C16H23N3O2/c1-2-5-12-7-9-13(10-8-12)16(20)21-19-15(17)14-6-3-4-11-18-14/h3-4,6,11-13H,2,5,7-10H2,1H3,(H2,17,19). The Morgan fingerprint density at radius 2 is 2.14 bits per heavy atom. The largest absolute Gasteiger partial charge is 0.379 e. The molecule has 1 fully saturated rings. The molecule has 0 radical (unpaired) electrons. The lowest BCUT2D eigenvalue weighted by molar-refractivity contribution is -0.150. The second-order valence-corrected chi connectivity index (χ2v) is 5.61. The SMILES string of the molecule is CCCC1CCC(C(=O)O/N=C(/N)c2ccccn2)CC1. The van der Waals surface area contributed by atoms with E-state index in [-0.39, 0.29) is 17.7 Å². The highest BCUT2D eigenvalue weighted by molar-refractivity contribution is 5.95. The fourth-order valence-corrected chi connectivity index (χ4v) is 2.82. The van der Waals surface area contributed by atoms with Gasteiger partial charge < -0.3 is 10.6 Å². The van der Waals surface area contributed by atoms with Gasteiger partial charge in [-0.3, -0.25) is 4.98 Å². The molecule has 5 heteroatoms. The molecular formula is C16H23N3O2. The molecule has 0 amide bonds. The van der Waals surface area contributed by atoms with Crippen LogP contribution in [0, 0.1) is 11.8 Å². The Kier molecular flexibility index (Phi) is 5.72. The quantitative estimate of drug-likeness (QED) is 0.391. The van der Waals surface area contributed by atoms with Crippen LogP contribution < -0.4 is 5.73 Å². The van der Waals surface area contributed by atoms with Crippen molar-refractivity contribution in [1.29, 1.82) is 0 Å². The molecule has 21 heavy (non-hydrogen) atoms. The monoisotopic (exact) mass is 289 g/mol. The molecule has 1 aromatic heterocycles. The number of nitrogens with zero attached hydrogens (tertiary/aromatic N) is 2. The summed E-state index contributed by atoms with van der Waals surface area (Å²) in [7, 11) is 0. The summed E-state index contributed by atoms with van der Waals surface area (Å²) >= 11 is 0. The first-order chi connectivity index (χ1) is 10.2. The van der Waals surface area contributed by atoms with Crippen LogP contribution in [0.3, 0.4) is 0 Å². The van der Waals surface area contributed by atoms with Gasteiger partial charge in [0, 0.05) is 6.20 Å². The maximum atomic E-state index is 12.0. The van der Waals surface area contributed by atoms with E-state index in [0.717, 1.165) is 31.6 Å². The van der Waals surface area contributed by atoms with Crippen molar-refractivity contribution >= 4 is 11.8 Å². The summed E-state index contributed by atoms with van der Waals surface area (Å²) in [5.74, 6) is 0.576. The summed E-state index contributed by atoms with van der Waals surface area (Å²) in [4.78, 5) is 21.0. The number of hydrogen-bond acceptors (Lipinski definition) is 4. The average Bonchev–Trinajstić information content (AvgIpc) is 2.54. The van der Waals surface area contributed by atoms with Crippen LogP contribution in [0.15, 0.2) is 29.6 Å². The Hall–Kier alpha value is -1.91. The molecule has 5 nitrogen and oxygen atoms in total. The molecular weight excluding hydrogens is 266 g/mol. The lowest BCUT2D eigenvalue weighted by Gasteiger charge is -2.26. The number of amidine groups is 1. The molecule has 1 heterocycles. The van der Waals surface area contributed by atoms with E-state index in [9.17, 15) is 4.79 Å². The molecule has 1 saturated carbocycles. The van der Waals surface area contributed by atoms with Gasteiger partial charge in [-0.1, -0.05) is 31.0 Å². The molecule has 1 aromatic rings. The number of nitrogens with two attached hydrogens (primary N) is 1. The van der Waals surface area contributed by atoms with Crippen LogP contribution >= 0.6 is 0 Å². The first-order valence-corrected chi connectivity index (χ1v) is 7.66. The van der Waals surface area contributed by atoms with Gasteiger partial charge in [0.1, 0.15) is 5.69 Å². The molecule has 2 rings (SSSR count). The first kappa shape index (κ1) is 15.5. The Morgan fingerprint density at radius 3 is 2.76 bits per heavy atom. The summed E-state index contributed by atoms with van der Waals surface area (Å²) < 4.78 is 0. The van der Waals surface area contributed by atoms with E-state index in [2.05, 4.69) is 17.1 Å². The van der Waals surface area contributed by atoms with Gasteiger partial charge in [-0.2, -0.15) is 0 Å². The third-order valence-electron chi connectivity index (χ3n) is 4.04. The van der Waals surface area contributed by atoms with Gasteiger partial charge in [0.25, 0.3) is 0 Å². The van der Waals surface area contributed by atoms with Crippen LogP contribution in [0.5, 0.6) is 0 Å². The van der Waals surface area contributed by atoms with E-state index in [4.69, 9.17) is 10.6 Å². The van der Waals surface area contributed by atoms with Gasteiger partial charge >= 0.3 is 5.97 Å². The summed E-state index contributed by atoms with van der Waals surface area (Å²) in [5, 5.41) is 3.71. The number of aromatic nitrogens is 1. The van der Waals surface area contributed by atoms with Crippen LogP contribution in [0.1, 0.15) is 51.1 Å². The van der Waals surface area contributed by atoms with Gasteiger partial charge in [-0.05, 0) is 43.7 Å². The predicted octanol–water partition coefficient (Wildman–Crippen LogP) is 2.85. The zero-order chi connectivity index (χ0) is 15.1. The van der Waals surface area contributed by atoms with Gasteiger partial charge in [0.15, 0.2) is 5.84 Å². The van der Waals surface area contributed by atoms with E-state index < -0.39 is 0 Å². The Morgan fingerprint density at radius 1 is 1.38 bits per heavy atom. The molecule has 0 aromatic carbocycles. The van der Waals surface area contributed by atoms with E-state index in [1.54, 1.807) is 18.3 Å². The smallest absolute Gasteiger partial charge is 0.338 e. The maximum absolute atomic E-state index is 12.0. The van der Waals surface area contributed by atoms with Crippen LogP contribution in [0.2, 0.25) is 0 Å². The van der Waals surface area contributed by atoms with Gasteiger partial charge in [0.05, 0.1) is 5.92 Å². The third kappa shape index (κ3) is 4.55. The third-order valence-corrected chi connectivity index (χ3v) is 4.04. The van der Waals surface area contributed by atoms with Crippen LogP contribution in [0.25, 0.3) is 0 Å². The lowest BCUT2D eigenvalue weighted by Crippen LogP contribution is -2.24. The van der Waals surface area contributed by atoms with Crippen molar-refractivity contribution in [2.45, 2.75) is 45.4 Å². The van der Waals surface area contributed by atoms with E-state index in [0.29, 0.717) is 5.69 Å². The molecule has 0 spiro atoms. The number of pyridine rings is 1. The van der Waals surface area contributed by atoms with Crippen molar-refractivity contribution in [1.82, 2.24) is 4.98 Å². The normalized spacial score (nSPS) is 22.8. The summed E-state index contributed by atoms with van der Waals surface area (Å²) in [6, 6.07) is 5.32. The van der Waals surface area contributed by atoms with Gasteiger partial charge in [-0.25, -0.2) is 4.79 Å². The highest BCUT2D eigenvalue weighted by Crippen LogP contribution is 2.32. The van der Waals surface area contributed by atoms with Crippen molar-refractivity contribution in [3.05, 3.63) is 30.1 Å². The molecule has 114 valence electrons. The predicted molar refractivity (Wildman–Crippen MR) is 81.4 cm³/mol. The van der Waals surface area contributed by atoms with Crippen molar-refractivity contribution in [3.8, 4) is 0 Å². The fourth-order valence-electron chi connectivity index (χ4n) is 2.82. The maximum Gasteiger partial charge on any atom is 0.338 e. The molecule has 0 unspecified atom stereocenters. The fraction of sp³-hybridized carbons (Fsp3) is 0.562. The minimum Gasteiger partial charge on any atom is -0.379 e. The summed E-state index contributed by atoms with van der Waals surface area (Å²) in [6.07, 6.45) is 8.08. The van der Waals surface area contributed by atoms with E-state index in [1.807, 2.05) is 6.07 Å². The number of carbonyl (C=O) groups excluding carboxylic acids is 1. The van der Waals surface area contributed by atoms with Gasteiger partial charge in [0.2, 0.25) is 0 Å². The molecule has 0 atom stereocenters. The van der Waals surface area contributed by atoms with Gasteiger partial charge in [-0.15, -0.1) is 0 Å². The second-order valence-electron chi connectivity index (χ2n) is 5.61. The summed E-state index contributed by atoms with van der Waals surface area (Å²) in [5.41, 5.74) is 6.26. The molecule has 0 saturated heterocycles. The molecule has 2 N–H and O–H groups in total. The first-order valence-electron chi connectivity index (χ1n) is 7.66. The Balaban J connectivity index is 1.82. The number of rotatable bonds is 5. The highest BCUT2D eigenvalue weighted by atomic mass is 16.7. The zero-order valence-corrected chi connectivity index (χ0v) is 12.5. The van der Waals surface area contributed by atoms with Crippen molar-refractivity contribution in [2.75, 3.05) is 0 Å². The second kappa shape index (κ2) is 7.76. The number of oxime groups is 1. The van der Waals surface area contributed by atoms with Crippen LogP contribution in [0.4, 0.5) is 0 Å². The Labute approximate surface area is 125 Å². The Bertz CT molecular complexity index is 480. The molecule has 1 aliphatic rings. The number of carbonyl (C=O) groups is 1. The van der Waals surface area contributed by atoms with Crippen LogP contribution in [-0.4, -0.2) is 16.8 Å². The molecule has 0 bridgehead atoms. The number of hydrogen-bond donors (Lipinski definition) is 1.